The van der Waals surface area contributed by atoms with Gasteiger partial charge in [-0.3, -0.25) is 15.0 Å². The number of hydrogen-bond donors (Lipinski definition) is 2. The second kappa shape index (κ2) is 4.34. The number of carbonyl (C=O) groups excluding carboxylic acids is 1. The Balaban J connectivity index is 1.75. The van der Waals surface area contributed by atoms with Gasteiger partial charge >= 0.3 is 0 Å². The third-order valence-corrected chi connectivity index (χ3v) is 4.90. The lowest BCUT2D eigenvalue weighted by atomic mass is 9.89. The van der Waals surface area contributed by atoms with Crippen LogP contribution in [0.2, 0.25) is 0 Å². The highest BCUT2D eigenvalue weighted by atomic mass is 16.1. The van der Waals surface area contributed by atoms with Gasteiger partial charge in [-0.2, -0.15) is 0 Å². The van der Waals surface area contributed by atoms with E-state index in [1.807, 2.05) is 6.92 Å². The number of likely N-dealkylation sites (N-methyl/N-ethyl adjacent to an activating group) is 1. The standard InChI is InChI=1S/C13H23N3O/c1-3-11(17)10-7-8-12-9(5-4-6-14-12)15-13(8)16(10)2/h8-10,12-15H,3-7H2,1-2H3. The minimum Gasteiger partial charge on any atom is -0.312 e. The topological polar surface area (TPSA) is 44.4 Å². The minimum absolute atomic E-state index is 0.146. The molecule has 0 aliphatic carbocycles. The Kier molecular flexibility index (Phi) is 2.97. The number of carbonyl (C=O) groups is 1. The van der Waals surface area contributed by atoms with Gasteiger partial charge in [-0.25, -0.2) is 0 Å². The van der Waals surface area contributed by atoms with Gasteiger partial charge in [0.1, 0.15) is 5.78 Å². The van der Waals surface area contributed by atoms with E-state index in [1.165, 1.54) is 12.8 Å². The zero-order valence-corrected chi connectivity index (χ0v) is 10.8. The molecule has 0 saturated carbocycles. The summed E-state index contributed by atoms with van der Waals surface area (Å²) in [6.45, 7) is 3.11. The number of rotatable bonds is 2. The fourth-order valence-electron chi connectivity index (χ4n) is 4.00. The van der Waals surface area contributed by atoms with Crippen LogP contribution in [0.4, 0.5) is 0 Å². The van der Waals surface area contributed by atoms with Crippen molar-refractivity contribution in [1.29, 1.82) is 0 Å². The van der Waals surface area contributed by atoms with E-state index >= 15 is 0 Å². The zero-order valence-electron chi connectivity index (χ0n) is 10.8. The molecule has 0 aromatic carbocycles. The Hall–Kier alpha value is -0.450. The summed E-state index contributed by atoms with van der Waals surface area (Å²) >= 11 is 0. The Bertz CT molecular complexity index is 320. The molecule has 96 valence electrons. The van der Waals surface area contributed by atoms with Gasteiger partial charge in [0.2, 0.25) is 0 Å². The lowest BCUT2D eigenvalue weighted by Gasteiger charge is -2.30. The second-order valence-corrected chi connectivity index (χ2v) is 5.74. The van der Waals surface area contributed by atoms with Gasteiger partial charge in [0, 0.05) is 24.4 Å². The fourth-order valence-corrected chi connectivity index (χ4v) is 4.00. The van der Waals surface area contributed by atoms with Crippen LogP contribution in [0.1, 0.15) is 32.6 Å². The first-order valence-corrected chi connectivity index (χ1v) is 6.96. The maximum atomic E-state index is 11.9. The van der Waals surface area contributed by atoms with Gasteiger partial charge in [-0.1, -0.05) is 6.92 Å². The first-order chi connectivity index (χ1) is 8.22. The van der Waals surface area contributed by atoms with Crippen LogP contribution in [0.3, 0.4) is 0 Å². The molecule has 2 N–H and O–H groups in total. The van der Waals surface area contributed by atoms with E-state index in [2.05, 4.69) is 22.6 Å². The molecule has 5 unspecified atom stereocenters. The van der Waals surface area contributed by atoms with Crippen LogP contribution in [0, 0.1) is 5.92 Å². The third kappa shape index (κ3) is 1.74. The van der Waals surface area contributed by atoms with Crippen LogP contribution in [0.15, 0.2) is 0 Å². The van der Waals surface area contributed by atoms with Crippen molar-refractivity contribution in [2.75, 3.05) is 13.6 Å². The van der Waals surface area contributed by atoms with Crippen molar-refractivity contribution in [2.45, 2.75) is 56.9 Å². The number of nitrogens with zero attached hydrogens (tertiary/aromatic N) is 1. The van der Waals surface area contributed by atoms with Gasteiger partial charge in [-0.15, -0.1) is 0 Å². The summed E-state index contributed by atoms with van der Waals surface area (Å²) in [7, 11) is 2.10. The number of fused-ring (bicyclic) bond motifs is 3. The first kappa shape index (κ1) is 11.6. The smallest absolute Gasteiger partial charge is 0.149 e. The van der Waals surface area contributed by atoms with Gasteiger partial charge < -0.3 is 5.32 Å². The molecule has 0 amide bonds. The van der Waals surface area contributed by atoms with Gasteiger partial charge in [0.15, 0.2) is 0 Å². The van der Waals surface area contributed by atoms with Crippen molar-refractivity contribution >= 4 is 5.78 Å². The minimum atomic E-state index is 0.146. The molecule has 0 aromatic heterocycles. The molecule has 0 aromatic rings. The Morgan fingerprint density at radius 2 is 2.29 bits per heavy atom. The summed E-state index contributed by atoms with van der Waals surface area (Å²) in [5, 5.41) is 7.37. The number of nitrogens with one attached hydrogen (secondary N) is 2. The molecule has 0 bridgehead atoms. The maximum Gasteiger partial charge on any atom is 0.149 e. The normalized spacial score (nSPS) is 45.6. The first-order valence-electron chi connectivity index (χ1n) is 6.96. The second-order valence-electron chi connectivity index (χ2n) is 5.74. The quantitative estimate of drug-likeness (QED) is 0.727. The summed E-state index contributed by atoms with van der Waals surface area (Å²) in [5.74, 6) is 1.02. The lowest BCUT2D eigenvalue weighted by molar-refractivity contribution is -0.123. The SMILES string of the molecule is CCC(=O)C1CC2C3NCCCC3NC2N1C. The van der Waals surface area contributed by atoms with E-state index in [4.69, 9.17) is 0 Å². The van der Waals surface area contributed by atoms with Crippen molar-refractivity contribution in [3.63, 3.8) is 0 Å². The van der Waals surface area contributed by atoms with Crippen LogP contribution in [-0.2, 0) is 4.79 Å². The highest BCUT2D eigenvalue weighted by Crippen LogP contribution is 2.38. The predicted octanol–water partition coefficient (Wildman–Crippen LogP) is 0.336. The molecule has 3 saturated heterocycles. The van der Waals surface area contributed by atoms with E-state index in [0.717, 1.165) is 13.0 Å². The maximum absolute atomic E-state index is 11.9. The van der Waals surface area contributed by atoms with Gasteiger partial charge in [-0.05, 0) is 32.9 Å². The van der Waals surface area contributed by atoms with E-state index in [-0.39, 0.29) is 6.04 Å². The molecule has 4 nitrogen and oxygen atoms in total. The predicted molar refractivity (Wildman–Crippen MR) is 66.7 cm³/mol. The van der Waals surface area contributed by atoms with Crippen molar-refractivity contribution in [1.82, 2.24) is 15.5 Å². The Morgan fingerprint density at radius 1 is 1.47 bits per heavy atom. The molecule has 17 heavy (non-hydrogen) atoms. The van der Waals surface area contributed by atoms with Crippen LogP contribution < -0.4 is 10.6 Å². The number of hydrogen-bond acceptors (Lipinski definition) is 4. The van der Waals surface area contributed by atoms with Crippen molar-refractivity contribution in [3.8, 4) is 0 Å². The summed E-state index contributed by atoms with van der Waals surface area (Å²) in [5.41, 5.74) is 0. The molecule has 4 heteroatoms. The number of likely N-dealkylation sites (tertiary alicyclic amines) is 1. The molecule has 3 aliphatic heterocycles. The van der Waals surface area contributed by atoms with Gasteiger partial charge in [0.25, 0.3) is 0 Å². The van der Waals surface area contributed by atoms with Gasteiger partial charge in [0.05, 0.1) is 12.2 Å². The number of Topliss-reactive ketones (excluding diaryl/α,β-unsaturated/α-hetero) is 1. The monoisotopic (exact) mass is 237 g/mol. The molecular weight excluding hydrogens is 214 g/mol. The molecule has 5 atom stereocenters. The number of ketones is 1. The van der Waals surface area contributed by atoms with E-state index in [9.17, 15) is 4.79 Å². The van der Waals surface area contributed by atoms with Crippen LogP contribution in [0.5, 0.6) is 0 Å². The molecular formula is C13H23N3O. The van der Waals surface area contributed by atoms with E-state index < -0.39 is 0 Å². The summed E-state index contributed by atoms with van der Waals surface area (Å²) in [6, 6.07) is 1.36. The molecule has 3 heterocycles. The third-order valence-electron chi connectivity index (χ3n) is 4.90. The van der Waals surface area contributed by atoms with Crippen LogP contribution in [-0.4, -0.2) is 48.6 Å². The van der Waals surface area contributed by atoms with Crippen molar-refractivity contribution in [3.05, 3.63) is 0 Å². The summed E-state index contributed by atoms with van der Waals surface area (Å²) in [6.07, 6.45) is 4.67. The Labute approximate surface area is 103 Å². The highest BCUT2D eigenvalue weighted by Gasteiger charge is 2.52. The lowest BCUT2D eigenvalue weighted by Crippen LogP contribution is -2.50. The highest BCUT2D eigenvalue weighted by molar-refractivity contribution is 5.84. The van der Waals surface area contributed by atoms with Crippen molar-refractivity contribution < 1.29 is 4.79 Å². The largest absolute Gasteiger partial charge is 0.312 e. The average molecular weight is 237 g/mol. The molecule has 3 fully saturated rings. The Morgan fingerprint density at radius 3 is 3.06 bits per heavy atom. The molecule has 0 spiro atoms. The van der Waals surface area contributed by atoms with E-state index in [1.54, 1.807) is 0 Å². The van der Waals surface area contributed by atoms with Crippen LogP contribution >= 0.6 is 0 Å². The fraction of sp³-hybridized carbons (Fsp3) is 0.923. The van der Waals surface area contributed by atoms with Crippen LogP contribution in [0.25, 0.3) is 0 Å². The molecule has 3 rings (SSSR count). The van der Waals surface area contributed by atoms with E-state index in [0.29, 0.717) is 36.4 Å². The molecule has 3 aliphatic rings. The summed E-state index contributed by atoms with van der Waals surface area (Å²) in [4.78, 5) is 14.2. The number of piperidine rings is 1. The average Bonchev–Trinajstić information content (AvgIpc) is 2.86. The zero-order chi connectivity index (χ0) is 12.0. The molecule has 0 radical (unpaired) electrons. The summed E-state index contributed by atoms with van der Waals surface area (Å²) < 4.78 is 0. The van der Waals surface area contributed by atoms with Crippen molar-refractivity contribution in [2.24, 2.45) is 5.92 Å².